The lowest BCUT2D eigenvalue weighted by Crippen LogP contribution is -2.44. The highest BCUT2D eigenvalue weighted by Crippen LogP contribution is 2.22. The molecule has 1 aliphatic heterocycles. The van der Waals surface area contributed by atoms with E-state index in [0.29, 0.717) is 12.5 Å². The van der Waals surface area contributed by atoms with Crippen molar-refractivity contribution in [1.29, 1.82) is 0 Å². The number of hydrogen-bond acceptors (Lipinski definition) is 2. The average molecular weight is 240 g/mol. The fourth-order valence-electron chi connectivity index (χ4n) is 2.26. The summed E-state index contributed by atoms with van der Waals surface area (Å²) in [6.07, 6.45) is 5.25. The first kappa shape index (κ1) is 14.5. The molecule has 1 rings (SSSR count). The van der Waals surface area contributed by atoms with Crippen LogP contribution in [0, 0.1) is 5.41 Å². The van der Waals surface area contributed by atoms with Gasteiger partial charge in [0.15, 0.2) is 0 Å². The van der Waals surface area contributed by atoms with E-state index >= 15 is 0 Å². The van der Waals surface area contributed by atoms with Gasteiger partial charge in [0.05, 0.1) is 0 Å². The minimum absolute atomic E-state index is 0.00471. The van der Waals surface area contributed by atoms with Gasteiger partial charge < -0.3 is 10.6 Å². The Hall–Kier alpha value is -0.570. The summed E-state index contributed by atoms with van der Waals surface area (Å²) < 4.78 is 0. The van der Waals surface area contributed by atoms with Gasteiger partial charge in [-0.15, -0.1) is 0 Å². The second kappa shape index (κ2) is 5.85. The van der Waals surface area contributed by atoms with Crippen molar-refractivity contribution < 1.29 is 4.79 Å². The third-order valence-corrected chi connectivity index (χ3v) is 3.88. The lowest BCUT2D eigenvalue weighted by Gasteiger charge is -2.32. The summed E-state index contributed by atoms with van der Waals surface area (Å²) in [7, 11) is 0. The van der Waals surface area contributed by atoms with Crippen LogP contribution in [0.25, 0.3) is 0 Å². The van der Waals surface area contributed by atoms with Gasteiger partial charge in [-0.3, -0.25) is 4.79 Å². The molecule has 2 N–H and O–H groups in total. The Balaban J connectivity index is 2.56. The van der Waals surface area contributed by atoms with E-state index < -0.39 is 0 Å². The maximum Gasteiger partial charge on any atom is 0.224 e. The minimum atomic E-state index is -0.0505. The first-order valence-electron chi connectivity index (χ1n) is 6.87. The van der Waals surface area contributed by atoms with Gasteiger partial charge in [0.2, 0.25) is 5.91 Å². The number of amides is 1. The molecule has 1 amide bonds. The molecule has 0 aromatic rings. The maximum atomic E-state index is 12.3. The second-order valence-electron chi connectivity index (χ2n) is 6.46. The van der Waals surface area contributed by atoms with Crippen LogP contribution in [-0.4, -0.2) is 29.4 Å². The van der Waals surface area contributed by atoms with Crippen molar-refractivity contribution in [3.63, 3.8) is 0 Å². The van der Waals surface area contributed by atoms with Gasteiger partial charge in [0.25, 0.3) is 0 Å². The van der Waals surface area contributed by atoms with E-state index in [-0.39, 0.29) is 17.4 Å². The van der Waals surface area contributed by atoms with Gasteiger partial charge in [0.1, 0.15) is 0 Å². The molecule has 2 atom stereocenters. The first-order valence-corrected chi connectivity index (χ1v) is 6.87. The van der Waals surface area contributed by atoms with Crippen molar-refractivity contribution in [2.75, 3.05) is 6.54 Å². The number of nitrogens with two attached hydrogens (primary N) is 1. The lowest BCUT2D eigenvalue weighted by atomic mass is 9.85. The Kier molecular flexibility index (Phi) is 4.99. The van der Waals surface area contributed by atoms with Crippen LogP contribution in [0.2, 0.25) is 0 Å². The van der Waals surface area contributed by atoms with Crippen LogP contribution >= 0.6 is 0 Å². The summed E-state index contributed by atoms with van der Waals surface area (Å²) in [6, 6.07) is 0.336. The molecule has 17 heavy (non-hydrogen) atoms. The van der Waals surface area contributed by atoms with Crippen molar-refractivity contribution in [3.8, 4) is 0 Å². The fraction of sp³-hybridized carbons (Fsp3) is 0.929. The van der Waals surface area contributed by atoms with Crippen LogP contribution in [-0.2, 0) is 4.79 Å². The molecule has 3 heteroatoms. The Labute approximate surface area is 106 Å². The molecule has 0 aromatic heterocycles. The summed E-state index contributed by atoms with van der Waals surface area (Å²) in [5.41, 5.74) is 6.10. The lowest BCUT2D eigenvalue weighted by molar-refractivity contribution is -0.134. The second-order valence-corrected chi connectivity index (χ2v) is 6.46. The normalized spacial score (nSPS) is 24.3. The zero-order valence-corrected chi connectivity index (χ0v) is 11.8. The average Bonchev–Trinajstić information content (AvgIpc) is 2.41. The number of nitrogens with zero attached hydrogens (tertiary/aromatic N) is 1. The number of hydrogen-bond donors (Lipinski definition) is 1. The SMILES string of the molecule is CC1CCCCCN1C(=O)CC(N)C(C)(C)C. The molecule has 0 saturated carbocycles. The van der Waals surface area contributed by atoms with Gasteiger partial charge in [-0.25, -0.2) is 0 Å². The maximum absolute atomic E-state index is 12.3. The summed E-state index contributed by atoms with van der Waals surface area (Å²) in [4.78, 5) is 14.3. The highest BCUT2D eigenvalue weighted by Gasteiger charge is 2.28. The van der Waals surface area contributed by atoms with Crippen molar-refractivity contribution in [2.24, 2.45) is 11.1 Å². The van der Waals surface area contributed by atoms with Crippen molar-refractivity contribution in [3.05, 3.63) is 0 Å². The molecule has 0 aliphatic carbocycles. The number of carbonyl (C=O) groups excluding carboxylic acids is 1. The quantitative estimate of drug-likeness (QED) is 0.806. The largest absolute Gasteiger partial charge is 0.340 e. The van der Waals surface area contributed by atoms with Crippen molar-refractivity contribution in [2.45, 2.75) is 71.9 Å². The first-order chi connectivity index (χ1) is 7.82. The van der Waals surface area contributed by atoms with E-state index in [1.807, 2.05) is 4.90 Å². The number of carbonyl (C=O) groups is 1. The molecule has 1 aliphatic rings. The summed E-state index contributed by atoms with van der Waals surface area (Å²) in [5.74, 6) is 0.238. The molecule has 2 unspecified atom stereocenters. The van der Waals surface area contributed by atoms with E-state index in [4.69, 9.17) is 5.73 Å². The molecule has 0 aromatic carbocycles. The van der Waals surface area contributed by atoms with E-state index in [9.17, 15) is 4.79 Å². The van der Waals surface area contributed by atoms with Crippen LogP contribution in [0.5, 0.6) is 0 Å². The molecular formula is C14H28N2O. The molecular weight excluding hydrogens is 212 g/mol. The number of rotatable bonds is 2. The van der Waals surface area contributed by atoms with Gasteiger partial charge >= 0.3 is 0 Å². The third-order valence-electron chi connectivity index (χ3n) is 3.88. The van der Waals surface area contributed by atoms with E-state index in [2.05, 4.69) is 27.7 Å². The van der Waals surface area contributed by atoms with E-state index in [1.54, 1.807) is 0 Å². The third kappa shape index (κ3) is 4.30. The van der Waals surface area contributed by atoms with Crippen LogP contribution in [0.3, 0.4) is 0 Å². The monoisotopic (exact) mass is 240 g/mol. The summed E-state index contributed by atoms with van der Waals surface area (Å²) in [6.45, 7) is 9.35. The van der Waals surface area contributed by atoms with Crippen LogP contribution in [0.4, 0.5) is 0 Å². The predicted molar refractivity (Wildman–Crippen MR) is 71.7 cm³/mol. The topological polar surface area (TPSA) is 46.3 Å². The Bertz CT molecular complexity index is 257. The Morgan fingerprint density at radius 2 is 2.00 bits per heavy atom. The van der Waals surface area contributed by atoms with Crippen molar-refractivity contribution >= 4 is 5.91 Å². The number of likely N-dealkylation sites (tertiary alicyclic amines) is 1. The van der Waals surface area contributed by atoms with Crippen LogP contribution < -0.4 is 5.73 Å². The summed E-state index contributed by atoms with van der Waals surface area (Å²) in [5, 5.41) is 0. The standard InChI is InChI=1S/C14H28N2O/c1-11-8-6-5-7-9-16(11)13(17)10-12(15)14(2,3)4/h11-12H,5-10,15H2,1-4H3. The zero-order chi connectivity index (χ0) is 13.1. The van der Waals surface area contributed by atoms with E-state index in [0.717, 1.165) is 19.4 Å². The van der Waals surface area contributed by atoms with Crippen molar-refractivity contribution in [1.82, 2.24) is 4.90 Å². The summed E-state index contributed by atoms with van der Waals surface area (Å²) >= 11 is 0. The molecule has 1 saturated heterocycles. The Morgan fingerprint density at radius 1 is 1.35 bits per heavy atom. The van der Waals surface area contributed by atoms with Gasteiger partial charge in [0, 0.05) is 25.0 Å². The Morgan fingerprint density at radius 3 is 2.59 bits per heavy atom. The van der Waals surface area contributed by atoms with Crippen LogP contribution in [0.1, 0.15) is 59.8 Å². The predicted octanol–water partition coefficient (Wildman–Crippen LogP) is 2.54. The van der Waals surface area contributed by atoms with Gasteiger partial charge in [-0.1, -0.05) is 33.6 Å². The zero-order valence-electron chi connectivity index (χ0n) is 11.8. The molecule has 0 radical (unpaired) electrons. The fourth-order valence-corrected chi connectivity index (χ4v) is 2.26. The molecule has 3 nitrogen and oxygen atoms in total. The van der Waals surface area contributed by atoms with Crippen LogP contribution in [0.15, 0.2) is 0 Å². The smallest absolute Gasteiger partial charge is 0.224 e. The molecule has 100 valence electrons. The highest BCUT2D eigenvalue weighted by molar-refractivity contribution is 5.77. The molecule has 0 spiro atoms. The molecule has 0 bridgehead atoms. The van der Waals surface area contributed by atoms with Gasteiger partial charge in [-0.05, 0) is 25.2 Å². The molecule has 1 fully saturated rings. The van der Waals surface area contributed by atoms with E-state index in [1.165, 1.54) is 12.8 Å². The highest BCUT2D eigenvalue weighted by atomic mass is 16.2. The minimum Gasteiger partial charge on any atom is -0.340 e. The van der Waals surface area contributed by atoms with Gasteiger partial charge in [-0.2, -0.15) is 0 Å². The molecule has 1 heterocycles.